The molecule has 3 heteroatoms. The Kier molecular flexibility index (Phi) is 3.31. The zero-order chi connectivity index (χ0) is 9.68. The van der Waals surface area contributed by atoms with Gasteiger partial charge in [0.25, 0.3) is 0 Å². The molecule has 0 fully saturated rings. The van der Waals surface area contributed by atoms with Gasteiger partial charge in [-0.25, -0.2) is 4.79 Å². The molecule has 0 spiro atoms. The van der Waals surface area contributed by atoms with Gasteiger partial charge in [-0.1, -0.05) is 30.3 Å². The average molecular weight is 179 g/mol. The summed E-state index contributed by atoms with van der Waals surface area (Å²) in [7, 11) is 1.35. The van der Waals surface area contributed by atoms with Crippen molar-refractivity contribution in [2.24, 2.45) is 0 Å². The zero-order valence-corrected chi connectivity index (χ0v) is 7.78. The fraction of sp³-hybridized carbons (Fsp3) is 0.300. The Balaban J connectivity index is 2.59. The van der Waals surface area contributed by atoms with Crippen LogP contribution in [0.5, 0.6) is 0 Å². The van der Waals surface area contributed by atoms with Gasteiger partial charge in [0.05, 0.1) is 13.2 Å². The first kappa shape index (κ1) is 9.58. The van der Waals surface area contributed by atoms with E-state index >= 15 is 0 Å². The molecule has 1 amide bonds. The lowest BCUT2D eigenvalue weighted by atomic mass is 10.1. The molecule has 1 N–H and O–H groups in total. The minimum atomic E-state index is -0.406. The summed E-state index contributed by atoms with van der Waals surface area (Å²) in [5.41, 5.74) is 1.06. The monoisotopic (exact) mass is 179 g/mol. The molecule has 0 aliphatic heterocycles. The Morgan fingerprint density at radius 2 is 2.00 bits per heavy atom. The van der Waals surface area contributed by atoms with Crippen molar-refractivity contribution in [3.8, 4) is 0 Å². The van der Waals surface area contributed by atoms with Gasteiger partial charge in [0.1, 0.15) is 0 Å². The summed E-state index contributed by atoms with van der Waals surface area (Å²) in [6.45, 7) is 1.91. The van der Waals surface area contributed by atoms with Crippen LogP contribution >= 0.6 is 0 Å². The van der Waals surface area contributed by atoms with E-state index in [9.17, 15) is 4.79 Å². The van der Waals surface area contributed by atoms with Crippen molar-refractivity contribution in [1.82, 2.24) is 5.32 Å². The Labute approximate surface area is 77.7 Å². The highest BCUT2D eigenvalue weighted by Gasteiger charge is 2.07. The van der Waals surface area contributed by atoms with Gasteiger partial charge in [-0.3, -0.25) is 0 Å². The molecule has 0 aliphatic rings. The van der Waals surface area contributed by atoms with E-state index in [-0.39, 0.29) is 6.04 Å². The lowest BCUT2D eigenvalue weighted by molar-refractivity contribution is 0.167. The maximum atomic E-state index is 10.9. The third-order valence-corrected chi connectivity index (χ3v) is 1.82. The lowest BCUT2D eigenvalue weighted by Gasteiger charge is -2.12. The normalized spacial score (nSPS) is 11.8. The van der Waals surface area contributed by atoms with Gasteiger partial charge in [-0.2, -0.15) is 0 Å². The Bertz CT molecular complexity index is 272. The van der Waals surface area contributed by atoms with Gasteiger partial charge in [0, 0.05) is 0 Å². The first-order chi connectivity index (χ1) is 6.24. The van der Waals surface area contributed by atoms with Crippen LogP contribution in [-0.2, 0) is 4.74 Å². The predicted octanol–water partition coefficient (Wildman–Crippen LogP) is 2.10. The quantitative estimate of drug-likeness (QED) is 0.755. The average Bonchev–Trinajstić information content (AvgIpc) is 2.19. The molecular weight excluding hydrogens is 166 g/mol. The number of ether oxygens (including phenoxy) is 1. The highest BCUT2D eigenvalue weighted by molar-refractivity contribution is 5.67. The summed E-state index contributed by atoms with van der Waals surface area (Å²) < 4.78 is 4.49. The predicted molar refractivity (Wildman–Crippen MR) is 50.4 cm³/mol. The van der Waals surface area contributed by atoms with Crippen molar-refractivity contribution in [1.29, 1.82) is 0 Å². The molecule has 0 radical (unpaired) electrons. The number of methoxy groups -OCH3 is 1. The summed E-state index contributed by atoms with van der Waals surface area (Å²) >= 11 is 0. The number of nitrogens with one attached hydrogen (secondary N) is 1. The molecule has 0 aliphatic carbocycles. The third kappa shape index (κ3) is 2.78. The van der Waals surface area contributed by atoms with E-state index in [1.54, 1.807) is 0 Å². The van der Waals surface area contributed by atoms with Crippen LogP contribution in [0, 0.1) is 0 Å². The van der Waals surface area contributed by atoms with Crippen molar-refractivity contribution in [2.75, 3.05) is 7.11 Å². The van der Waals surface area contributed by atoms with Crippen molar-refractivity contribution < 1.29 is 9.53 Å². The second kappa shape index (κ2) is 4.50. The second-order valence-corrected chi connectivity index (χ2v) is 2.77. The Morgan fingerprint density at radius 1 is 1.38 bits per heavy atom. The minimum Gasteiger partial charge on any atom is -0.453 e. The number of rotatable bonds is 2. The standard InChI is InChI=1S/C10H13NO2/c1-8(11-10(12)13-2)9-6-4-3-5-7-9/h3-8H,1-2H3,(H,11,12)/t8-/m1/s1. The number of carbonyl (C=O) groups excluding carboxylic acids is 1. The molecule has 0 unspecified atom stereocenters. The molecule has 0 aromatic heterocycles. The molecule has 1 aromatic rings. The molecule has 1 atom stereocenters. The van der Waals surface area contributed by atoms with Gasteiger partial charge >= 0.3 is 6.09 Å². The molecule has 0 heterocycles. The summed E-state index contributed by atoms with van der Waals surface area (Å²) in [4.78, 5) is 10.9. The molecule has 0 saturated carbocycles. The fourth-order valence-corrected chi connectivity index (χ4v) is 1.06. The van der Waals surface area contributed by atoms with Gasteiger partial charge < -0.3 is 10.1 Å². The summed E-state index contributed by atoms with van der Waals surface area (Å²) in [6, 6.07) is 9.71. The van der Waals surface area contributed by atoms with E-state index < -0.39 is 6.09 Å². The minimum absolute atomic E-state index is 0.0198. The van der Waals surface area contributed by atoms with E-state index in [1.807, 2.05) is 37.3 Å². The van der Waals surface area contributed by atoms with Crippen molar-refractivity contribution in [3.05, 3.63) is 35.9 Å². The third-order valence-electron chi connectivity index (χ3n) is 1.82. The van der Waals surface area contributed by atoms with Gasteiger partial charge in [0.15, 0.2) is 0 Å². The van der Waals surface area contributed by atoms with Crippen molar-refractivity contribution >= 4 is 6.09 Å². The number of benzene rings is 1. The molecule has 0 bridgehead atoms. The van der Waals surface area contributed by atoms with Crippen LogP contribution < -0.4 is 5.32 Å². The summed E-state index contributed by atoms with van der Waals surface area (Å²) in [5, 5.41) is 2.68. The lowest BCUT2D eigenvalue weighted by Crippen LogP contribution is -2.26. The fourth-order valence-electron chi connectivity index (χ4n) is 1.06. The van der Waals surface area contributed by atoms with Gasteiger partial charge in [0.2, 0.25) is 0 Å². The van der Waals surface area contributed by atoms with Crippen LogP contribution in [-0.4, -0.2) is 13.2 Å². The van der Waals surface area contributed by atoms with Gasteiger partial charge in [-0.05, 0) is 12.5 Å². The molecule has 1 aromatic carbocycles. The van der Waals surface area contributed by atoms with E-state index in [0.29, 0.717) is 0 Å². The first-order valence-electron chi connectivity index (χ1n) is 4.13. The Morgan fingerprint density at radius 3 is 2.54 bits per heavy atom. The second-order valence-electron chi connectivity index (χ2n) is 2.77. The van der Waals surface area contributed by atoms with Crippen LogP contribution in [0.15, 0.2) is 30.3 Å². The number of alkyl carbamates (subject to hydrolysis) is 1. The number of amides is 1. The number of carbonyl (C=O) groups is 1. The molecule has 0 saturated heterocycles. The Hall–Kier alpha value is -1.51. The van der Waals surface area contributed by atoms with Crippen molar-refractivity contribution in [3.63, 3.8) is 0 Å². The van der Waals surface area contributed by atoms with E-state index in [0.717, 1.165) is 5.56 Å². The molecular formula is C10H13NO2. The molecule has 1 rings (SSSR count). The van der Waals surface area contributed by atoms with E-state index in [1.165, 1.54) is 7.11 Å². The maximum absolute atomic E-state index is 10.9. The number of hydrogen-bond acceptors (Lipinski definition) is 2. The SMILES string of the molecule is COC(=O)N[C@H](C)c1ccccc1. The maximum Gasteiger partial charge on any atom is 0.407 e. The van der Waals surface area contributed by atoms with Crippen LogP contribution in [0.25, 0.3) is 0 Å². The van der Waals surface area contributed by atoms with Crippen LogP contribution in [0.3, 0.4) is 0 Å². The summed E-state index contributed by atoms with van der Waals surface area (Å²) in [6.07, 6.45) is -0.406. The largest absolute Gasteiger partial charge is 0.453 e. The number of hydrogen-bond donors (Lipinski definition) is 1. The topological polar surface area (TPSA) is 38.3 Å². The van der Waals surface area contributed by atoms with Crippen LogP contribution in [0.2, 0.25) is 0 Å². The van der Waals surface area contributed by atoms with E-state index in [2.05, 4.69) is 10.1 Å². The van der Waals surface area contributed by atoms with Crippen molar-refractivity contribution in [2.45, 2.75) is 13.0 Å². The van der Waals surface area contributed by atoms with Crippen LogP contribution in [0.1, 0.15) is 18.5 Å². The summed E-state index contributed by atoms with van der Waals surface area (Å²) in [5.74, 6) is 0. The molecule has 13 heavy (non-hydrogen) atoms. The highest BCUT2D eigenvalue weighted by Crippen LogP contribution is 2.10. The zero-order valence-electron chi connectivity index (χ0n) is 7.78. The van der Waals surface area contributed by atoms with Crippen LogP contribution in [0.4, 0.5) is 4.79 Å². The smallest absolute Gasteiger partial charge is 0.407 e. The van der Waals surface area contributed by atoms with E-state index in [4.69, 9.17) is 0 Å². The van der Waals surface area contributed by atoms with Gasteiger partial charge in [-0.15, -0.1) is 0 Å². The molecule has 3 nitrogen and oxygen atoms in total. The molecule has 70 valence electrons. The highest BCUT2D eigenvalue weighted by atomic mass is 16.5. The first-order valence-corrected chi connectivity index (χ1v) is 4.13.